The molecule has 0 saturated heterocycles. The van der Waals surface area contributed by atoms with Crippen LogP contribution in [-0.2, 0) is 9.59 Å². The quantitative estimate of drug-likeness (QED) is 0.250. The van der Waals surface area contributed by atoms with Gasteiger partial charge in [0.1, 0.15) is 0 Å². The van der Waals surface area contributed by atoms with E-state index in [0.717, 1.165) is 24.2 Å². The summed E-state index contributed by atoms with van der Waals surface area (Å²) in [7, 11) is 0. The van der Waals surface area contributed by atoms with Crippen LogP contribution >= 0.6 is 24.0 Å². The molecule has 0 radical (unpaired) electrons. The molecule has 4 N–H and O–H groups in total. The Morgan fingerprint density at radius 2 is 2.04 bits per heavy atom. The summed E-state index contributed by atoms with van der Waals surface area (Å²) >= 11 is 0. The minimum Gasteiger partial charge on any atom is -0.357 e. The van der Waals surface area contributed by atoms with Crippen molar-refractivity contribution in [1.82, 2.24) is 16.0 Å². The van der Waals surface area contributed by atoms with E-state index in [-0.39, 0.29) is 47.8 Å². The van der Waals surface area contributed by atoms with Gasteiger partial charge < -0.3 is 21.3 Å². The van der Waals surface area contributed by atoms with Gasteiger partial charge in [0.15, 0.2) is 5.96 Å². The molecule has 0 aromatic heterocycles. The van der Waals surface area contributed by atoms with E-state index in [4.69, 9.17) is 0 Å². The van der Waals surface area contributed by atoms with Crippen LogP contribution in [0.5, 0.6) is 0 Å². The number of rotatable bonds is 8. The topological polar surface area (TPSA) is 94.6 Å². The number of nitrogens with one attached hydrogen (secondary N) is 4. The zero-order valence-corrected chi connectivity index (χ0v) is 19.2. The Bertz CT molecular complexity index is 680. The molecule has 0 spiro atoms. The molecule has 0 saturated carbocycles. The van der Waals surface area contributed by atoms with Gasteiger partial charge in [-0.2, -0.15) is 0 Å². The molecule has 2 rings (SSSR count). The standard InChI is InChI=1S/C20H31N5O2.HI/c1-4-14(3)24-18(26)10-11-22-20(21-5-2)23-13-15-12-19(27)25-17-9-7-6-8-16(15)17;/h6-9,14-15H,4-5,10-13H2,1-3H3,(H,24,26)(H,25,27)(H2,21,22,23);1H. The molecule has 156 valence electrons. The van der Waals surface area contributed by atoms with Crippen LogP contribution in [0.1, 0.15) is 51.5 Å². The van der Waals surface area contributed by atoms with Crippen LogP contribution in [0.15, 0.2) is 29.3 Å². The summed E-state index contributed by atoms with van der Waals surface area (Å²) in [5.41, 5.74) is 1.98. The Kier molecular flexibility index (Phi) is 10.9. The minimum atomic E-state index is 0. The second-order valence-corrected chi connectivity index (χ2v) is 6.81. The number of hydrogen-bond acceptors (Lipinski definition) is 3. The zero-order valence-electron chi connectivity index (χ0n) is 16.9. The van der Waals surface area contributed by atoms with Crippen molar-refractivity contribution in [2.24, 2.45) is 4.99 Å². The smallest absolute Gasteiger partial charge is 0.225 e. The maximum absolute atomic E-state index is 11.9. The number of aliphatic imine (C=N–C) groups is 1. The monoisotopic (exact) mass is 501 g/mol. The molecule has 2 unspecified atom stereocenters. The highest BCUT2D eigenvalue weighted by Gasteiger charge is 2.24. The van der Waals surface area contributed by atoms with Crippen molar-refractivity contribution in [2.45, 2.75) is 52.0 Å². The van der Waals surface area contributed by atoms with Crippen LogP contribution in [0.25, 0.3) is 0 Å². The van der Waals surface area contributed by atoms with Gasteiger partial charge >= 0.3 is 0 Å². The second-order valence-electron chi connectivity index (χ2n) is 6.81. The van der Waals surface area contributed by atoms with Gasteiger partial charge in [-0.15, -0.1) is 24.0 Å². The summed E-state index contributed by atoms with van der Waals surface area (Å²) in [5, 5.41) is 12.2. The Morgan fingerprint density at radius 3 is 2.75 bits per heavy atom. The number of carbonyl (C=O) groups is 2. The summed E-state index contributed by atoms with van der Waals surface area (Å²) in [5.74, 6) is 0.774. The van der Waals surface area contributed by atoms with Crippen LogP contribution in [0, 0.1) is 0 Å². The van der Waals surface area contributed by atoms with Gasteiger partial charge in [-0.05, 0) is 31.9 Å². The Balaban J connectivity index is 0.00000392. The molecule has 2 atom stereocenters. The van der Waals surface area contributed by atoms with Gasteiger partial charge in [-0.25, -0.2) is 0 Å². The summed E-state index contributed by atoms with van der Waals surface area (Å²) in [6.07, 6.45) is 1.74. The first-order valence-electron chi connectivity index (χ1n) is 9.73. The van der Waals surface area contributed by atoms with Gasteiger partial charge in [-0.1, -0.05) is 25.1 Å². The highest BCUT2D eigenvalue weighted by atomic mass is 127. The molecule has 8 heteroatoms. The molecular formula is C20H32IN5O2. The molecule has 0 bridgehead atoms. The number of benzene rings is 1. The van der Waals surface area contributed by atoms with E-state index in [2.05, 4.69) is 26.3 Å². The predicted molar refractivity (Wildman–Crippen MR) is 124 cm³/mol. The number of hydrogen-bond donors (Lipinski definition) is 4. The summed E-state index contributed by atoms with van der Waals surface area (Å²) in [4.78, 5) is 28.4. The first kappa shape index (κ1) is 24.2. The average Bonchev–Trinajstić information content (AvgIpc) is 2.65. The van der Waals surface area contributed by atoms with Crippen molar-refractivity contribution in [3.63, 3.8) is 0 Å². The SMILES string of the molecule is CCNC(=NCC1CC(=O)Nc2ccccc21)NCCC(=O)NC(C)CC.I. The van der Waals surface area contributed by atoms with Gasteiger partial charge in [0, 0.05) is 43.6 Å². The molecule has 0 aliphatic carbocycles. The zero-order chi connectivity index (χ0) is 19.6. The molecule has 28 heavy (non-hydrogen) atoms. The molecule has 1 heterocycles. The molecular weight excluding hydrogens is 469 g/mol. The van der Waals surface area contributed by atoms with Gasteiger partial charge in [0.2, 0.25) is 11.8 Å². The van der Waals surface area contributed by atoms with Gasteiger partial charge in [-0.3, -0.25) is 14.6 Å². The van der Waals surface area contributed by atoms with Crippen LogP contribution < -0.4 is 21.3 Å². The lowest BCUT2D eigenvalue weighted by Gasteiger charge is -2.24. The second kappa shape index (κ2) is 12.6. The van der Waals surface area contributed by atoms with Crippen molar-refractivity contribution >= 4 is 47.4 Å². The van der Waals surface area contributed by atoms with E-state index in [1.165, 1.54) is 0 Å². The number of fused-ring (bicyclic) bond motifs is 1. The molecule has 1 aromatic carbocycles. The highest BCUT2D eigenvalue weighted by Crippen LogP contribution is 2.31. The lowest BCUT2D eigenvalue weighted by atomic mass is 9.91. The first-order chi connectivity index (χ1) is 13.0. The minimum absolute atomic E-state index is 0. The summed E-state index contributed by atoms with van der Waals surface area (Å²) in [6, 6.07) is 8.04. The van der Waals surface area contributed by atoms with Crippen LogP contribution in [0.3, 0.4) is 0 Å². The largest absolute Gasteiger partial charge is 0.357 e. The molecule has 0 fully saturated rings. The Labute approximate surface area is 184 Å². The lowest BCUT2D eigenvalue weighted by Crippen LogP contribution is -2.40. The summed E-state index contributed by atoms with van der Waals surface area (Å²) < 4.78 is 0. The third-order valence-electron chi connectivity index (χ3n) is 4.58. The number of amides is 2. The van der Waals surface area contributed by atoms with Crippen molar-refractivity contribution in [3.8, 4) is 0 Å². The molecule has 1 aromatic rings. The fourth-order valence-corrected chi connectivity index (χ4v) is 2.95. The number of anilines is 1. The first-order valence-corrected chi connectivity index (χ1v) is 9.73. The fourth-order valence-electron chi connectivity index (χ4n) is 2.95. The molecule has 1 aliphatic heterocycles. The van der Waals surface area contributed by atoms with Crippen LogP contribution in [0.4, 0.5) is 5.69 Å². The third-order valence-corrected chi connectivity index (χ3v) is 4.58. The van der Waals surface area contributed by atoms with E-state index in [1.807, 2.05) is 45.0 Å². The third kappa shape index (κ3) is 7.65. The van der Waals surface area contributed by atoms with Crippen LogP contribution in [0.2, 0.25) is 0 Å². The number of para-hydroxylation sites is 1. The Morgan fingerprint density at radius 1 is 1.29 bits per heavy atom. The van der Waals surface area contributed by atoms with E-state index < -0.39 is 0 Å². The number of guanidine groups is 1. The molecule has 2 amide bonds. The van der Waals surface area contributed by atoms with Crippen molar-refractivity contribution in [1.29, 1.82) is 0 Å². The van der Waals surface area contributed by atoms with E-state index >= 15 is 0 Å². The summed E-state index contributed by atoms with van der Waals surface area (Å²) in [6.45, 7) is 7.79. The molecule has 1 aliphatic rings. The molecule has 7 nitrogen and oxygen atoms in total. The number of nitrogens with zero attached hydrogens (tertiary/aromatic N) is 1. The number of halogens is 1. The maximum atomic E-state index is 11.9. The van der Waals surface area contributed by atoms with Crippen LogP contribution in [-0.4, -0.2) is 43.5 Å². The Hall–Kier alpha value is -1.84. The fraction of sp³-hybridized carbons (Fsp3) is 0.550. The normalized spacial score (nSPS) is 16.9. The lowest BCUT2D eigenvalue weighted by molar-refractivity contribution is -0.121. The maximum Gasteiger partial charge on any atom is 0.225 e. The number of carbonyl (C=O) groups excluding carboxylic acids is 2. The van der Waals surface area contributed by atoms with E-state index in [1.54, 1.807) is 0 Å². The van der Waals surface area contributed by atoms with Gasteiger partial charge in [0.05, 0.1) is 6.54 Å². The highest BCUT2D eigenvalue weighted by molar-refractivity contribution is 14.0. The van der Waals surface area contributed by atoms with Gasteiger partial charge in [0.25, 0.3) is 0 Å². The van der Waals surface area contributed by atoms with Crippen molar-refractivity contribution in [2.75, 3.05) is 25.0 Å². The average molecular weight is 501 g/mol. The predicted octanol–water partition coefficient (Wildman–Crippen LogP) is 2.59. The van der Waals surface area contributed by atoms with E-state index in [0.29, 0.717) is 31.9 Å². The van der Waals surface area contributed by atoms with E-state index in [9.17, 15) is 9.59 Å². The van der Waals surface area contributed by atoms with Crippen molar-refractivity contribution < 1.29 is 9.59 Å². The van der Waals surface area contributed by atoms with Crippen molar-refractivity contribution in [3.05, 3.63) is 29.8 Å².